The number of fused-ring (bicyclic) bond motifs is 1. The number of imidazole rings is 1. The molecule has 2 amide bonds. The third-order valence-electron chi connectivity index (χ3n) is 3.91. The summed E-state index contributed by atoms with van der Waals surface area (Å²) < 4.78 is 1.93. The molecule has 0 bridgehead atoms. The number of aromatic nitrogens is 2. The monoisotopic (exact) mass is 368 g/mol. The van der Waals surface area contributed by atoms with E-state index in [1.165, 1.54) is 6.07 Å². The molecule has 0 aliphatic carbocycles. The van der Waals surface area contributed by atoms with Crippen LogP contribution in [-0.4, -0.2) is 40.0 Å². The van der Waals surface area contributed by atoms with Gasteiger partial charge in [0.25, 0.3) is 5.69 Å². The van der Waals surface area contributed by atoms with Crippen molar-refractivity contribution in [2.45, 2.75) is 6.42 Å². The van der Waals surface area contributed by atoms with Gasteiger partial charge in [-0.2, -0.15) is 0 Å². The van der Waals surface area contributed by atoms with E-state index in [1.807, 2.05) is 35.0 Å². The number of hydrogen-bond acceptors (Lipinski definition) is 5. The predicted molar refractivity (Wildman–Crippen MR) is 102 cm³/mol. The Labute approximate surface area is 155 Å². The Morgan fingerprint density at radius 1 is 1.07 bits per heavy atom. The number of carbonyl (C=O) groups excluding carboxylic acids is 1. The zero-order valence-electron chi connectivity index (χ0n) is 14.6. The maximum absolute atomic E-state index is 11.8. The van der Waals surface area contributed by atoms with Gasteiger partial charge in [0.2, 0.25) is 0 Å². The molecule has 27 heavy (non-hydrogen) atoms. The summed E-state index contributed by atoms with van der Waals surface area (Å²) in [5.74, 6) is 0. The van der Waals surface area contributed by atoms with Gasteiger partial charge in [-0.3, -0.25) is 10.1 Å². The molecule has 0 atom stereocenters. The van der Waals surface area contributed by atoms with Crippen molar-refractivity contribution in [2.24, 2.45) is 0 Å². The van der Waals surface area contributed by atoms with Crippen molar-refractivity contribution in [1.82, 2.24) is 20.0 Å². The number of anilines is 1. The van der Waals surface area contributed by atoms with Gasteiger partial charge in [0, 0.05) is 44.5 Å². The Balaban J connectivity index is 1.36. The third-order valence-corrected chi connectivity index (χ3v) is 3.91. The summed E-state index contributed by atoms with van der Waals surface area (Å²) in [4.78, 5) is 26.8. The molecule has 0 aliphatic rings. The number of para-hydroxylation sites is 2. The van der Waals surface area contributed by atoms with Gasteiger partial charge in [-0.05, 0) is 18.2 Å². The predicted octanol–water partition coefficient (Wildman–Crippen LogP) is 2.20. The van der Waals surface area contributed by atoms with Crippen molar-refractivity contribution in [3.63, 3.8) is 0 Å². The molecule has 9 heteroatoms. The topological polar surface area (TPSA) is 114 Å². The summed E-state index contributed by atoms with van der Waals surface area (Å²) in [5, 5.41) is 19.4. The standard InChI is InChI=1S/C18H20N6O3/c25-18(20-9-8-14-13-23-12-4-3-7-17(23)22-14)21-11-10-19-15-5-1-2-6-16(15)24(26)27/h1-7,12-13,19H,8-11H2,(H2,20,21,25). The Morgan fingerprint density at radius 3 is 2.67 bits per heavy atom. The number of nitro groups is 1. The lowest BCUT2D eigenvalue weighted by Gasteiger charge is -2.09. The molecule has 0 saturated carbocycles. The molecule has 3 N–H and O–H groups in total. The zero-order chi connectivity index (χ0) is 19.1. The van der Waals surface area contributed by atoms with E-state index in [0.29, 0.717) is 31.7 Å². The van der Waals surface area contributed by atoms with Crippen LogP contribution >= 0.6 is 0 Å². The number of nitrogens with one attached hydrogen (secondary N) is 3. The van der Waals surface area contributed by atoms with E-state index in [4.69, 9.17) is 0 Å². The van der Waals surface area contributed by atoms with Crippen molar-refractivity contribution in [2.75, 3.05) is 25.0 Å². The quantitative estimate of drug-likeness (QED) is 0.320. The van der Waals surface area contributed by atoms with Crippen LogP contribution in [0.5, 0.6) is 0 Å². The smallest absolute Gasteiger partial charge is 0.314 e. The summed E-state index contributed by atoms with van der Waals surface area (Å²) in [6.07, 6.45) is 4.49. The first-order valence-electron chi connectivity index (χ1n) is 8.55. The Morgan fingerprint density at radius 2 is 1.85 bits per heavy atom. The van der Waals surface area contributed by atoms with Crippen molar-refractivity contribution >= 4 is 23.1 Å². The molecule has 0 unspecified atom stereocenters. The fourth-order valence-corrected chi connectivity index (χ4v) is 2.63. The minimum Gasteiger partial charge on any atom is -0.378 e. The maximum Gasteiger partial charge on any atom is 0.314 e. The highest BCUT2D eigenvalue weighted by Crippen LogP contribution is 2.22. The van der Waals surface area contributed by atoms with Gasteiger partial charge in [0.15, 0.2) is 0 Å². The molecule has 3 aromatic rings. The highest BCUT2D eigenvalue weighted by Gasteiger charge is 2.11. The van der Waals surface area contributed by atoms with Crippen molar-refractivity contribution in [1.29, 1.82) is 0 Å². The van der Waals surface area contributed by atoms with Crippen LogP contribution in [0, 0.1) is 10.1 Å². The van der Waals surface area contributed by atoms with Gasteiger partial charge in [0.05, 0.1) is 10.6 Å². The van der Waals surface area contributed by atoms with E-state index >= 15 is 0 Å². The fourth-order valence-electron chi connectivity index (χ4n) is 2.63. The van der Waals surface area contributed by atoms with Crippen LogP contribution in [0.15, 0.2) is 54.9 Å². The van der Waals surface area contributed by atoms with E-state index in [2.05, 4.69) is 20.9 Å². The Bertz CT molecular complexity index is 907. The molecule has 0 spiro atoms. The van der Waals surface area contributed by atoms with Crippen molar-refractivity contribution in [3.8, 4) is 0 Å². The van der Waals surface area contributed by atoms with E-state index < -0.39 is 4.92 Å². The number of hydrogen-bond donors (Lipinski definition) is 3. The lowest BCUT2D eigenvalue weighted by Crippen LogP contribution is -2.38. The van der Waals surface area contributed by atoms with Gasteiger partial charge in [-0.1, -0.05) is 18.2 Å². The average molecular weight is 368 g/mol. The van der Waals surface area contributed by atoms with Gasteiger partial charge < -0.3 is 20.4 Å². The SMILES string of the molecule is O=C(NCCNc1ccccc1[N+](=O)[O-])NCCc1cn2ccccc2n1. The van der Waals surface area contributed by atoms with Crippen molar-refractivity contribution < 1.29 is 9.72 Å². The molecule has 0 aliphatic heterocycles. The maximum atomic E-state index is 11.8. The van der Waals surface area contributed by atoms with Crippen LogP contribution in [0.4, 0.5) is 16.2 Å². The molecule has 140 valence electrons. The number of nitrogens with zero attached hydrogens (tertiary/aromatic N) is 3. The second-order valence-corrected chi connectivity index (χ2v) is 5.83. The molecule has 0 saturated heterocycles. The van der Waals surface area contributed by atoms with Crippen LogP contribution in [0.25, 0.3) is 5.65 Å². The molecule has 9 nitrogen and oxygen atoms in total. The lowest BCUT2D eigenvalue weighted by molar-refractivity contribution is -0.384. The van der Waals surface area contributed by atoms with E-state index in [1.54, 1.807) is 18.2 Å². The number of rotatable bonds is 8. The van der Waals surface area contributed by atoms with E-state index in [-0.39, 0.29) is 11.7 Å². The minimum atomic E-state index is -0.443. The number of carbonyl (C=O) groups is 1. The summed E-state index contributed by atoms with van der Waals surface area (Å²) >= 11 is 0. The van der Waals surface area contributed by atoms with Crippen LogP contribution in [0.1, 0.15) is 5.69 Å². The van der Waals surface area contributed by atoms with Crippen LogP contribution in [0.3, 0.4) is 0 Å². The van der Waals surface area contributed by atoms with Gasteiger partial charge in [-0.15, -0.1) is 0 Å². The lowest BCUT2D eigenvalue weighted by atomic mass is 10.2. The highest BCUT2D eigenvalue weighted by molar-refractivity contribution is 5.73. The van der Waals surface area contributed by atoms with Gasteiger partial charge >= 0.3 is 6.03 Å². The van der Waals surface area contributed by atoms with Crippen LogP contribution in [0.2, 0.25) is 0 Å². The number of benzene rings is 1. The third kappa shape index (κ3) is 4.94. The second-order valence-electron chi connectivity index (χ2n) is 5.83. The highest BCUT2D eigenvalue weighted by atomic mass is 16.6. The summed E-state index contributed by atoms with van der Waals surface area (Å²) in [6.45, 7) is 1.18. The summed E-state index contributed by atoms with van der Waals surface area (Å²) in [6, 6.07) is 11.9. The van der Waals surface area contributed by atoms with E-state index in [9.17, 15) is 14.9 Å². The molecule has 3 rings (SSSR count). The number of amides is 2. The average Bonchev–Trinajstić information content (AvgIpc) is 3.08. The number of pyridine rings is 1. The first kappa shape index (κ1) is 18.2. The minimum absolute atomic E-state index is 0.00871. The Kier molecular flexibility index (Phi) is 5.83. The molecule has 1 aromatic carbocycles. The molecule has 0 fully saturated rings. The molecule has 2 aromatic heterocycles. The van der Waals surface area contributed by atoms with E-state index in [0.717, 1.165) is 11.3 Å². The van der Waals surface area contributed by atoms with Crippen molar-refractivity contribution in [3.05, 3.63) is 70.7 Å². The largest absolute Gasteiger partial charge is 0.378 e. The normalized spacial score (nSPS) is 10.5. The second kappa shape index (κ2) is 8.65. The van der Waals surface area contributed by atoms with Gasteiger partial charge in [-0.25, -0.2) is 9.78 Å². The molecular weight excluding hydrogens is 348 g/mol. The molecular formula is C18H20N6O3. The first-order chi connectivity index (χ1) is 13.1. The van der Waals surface area contributed by atoms with Crippen LogP contribution in [-0.2, 0) is 6.42 Å². The van der Waals surface area contributed by atoms with Gasteiger partial charge in [0.1, 0.15) is 11.3 Å². The van der Waals surface area contributed by atoms with Crippen LogP contribution < -0.4 is 16.0 Å². The first-order valence-corrected chi connectivity index (χ1v) is 8.55. The Hall–Kier alpha value is -3.62. The summed E-state index contributed by atoms with van der Waals surface area (Å²) in [7, 11) is 0. The number of nitro benzene ring substituents is 1. The fraction of sp³-hybridized carbons (Fsp3) is 0.222. The zero-order valence-corrected chi connectivity index (χ0v) is 14.6. The summed E-state index contributed by atoms with van der Waals surface area (Å²) in [5.41, 5.74) is 2.21. The molecule has 0 radical (unpaired) electrons. The number of urea groups is 1. The molecule has 2 heterocycles.